The number of nitrogens with zero attached hydrogens (tertiary/aromatic N) is 4. The minimum Gasteiger partial charge on any atom is -0.330 e. The Labute approximate surface area is 221 Å². The van der Waals surface area contributed by atoms with E-state index in [2.05, 4.69) is 67.9 Å². The Bertz CT molecular complexity index is 1140. The number of rotatable bonds is 9. The van der Waals surface area contributed by atoms with Crippen molar-refractivity contribution in [3.63, 3.8) is 0 Å². The zero-order valence-corrected chi connectivity index (χ0v) is 22.5. The Morgan fingerprint density at radius 1 is 1.08 bits per heavy atom. The number of carbonyl (C=O) groups is 1. The zero-order valence-electron chi connectivity index (χ0n) is 22.5. The minimum atomic E-state index is -0.268. The van der Waals surface area contributed by atoms with Gasteiger partial charge in [0.2, 0.25) is 0 Å². The highest BCUT2D eigenvalue weighted by molar-refractivity contribution is 5.76. The molecule has 0 bridgehead atoms. The summed E-state index contributed by atoms with van der Waals surface area (Å²) in [4.78, 5) is 23.3. The fraction of sp³-hybridized carbons (Fsp3) is 0.467. The molecule has 0 aliphatic carbocycles. The van der Waals surface area contributed by atoms with Crippen LogP contribution < -0.4 is 11.5 Å². The van der Waals surface area contributed by atoms with E-state index in [9.17, 15) is 4.79 Å². The zero-order chi connectivity index (χ0) is 26.4. The van der Waals surface area contributed by atoms with E-state index >= 15 is 0 Å². The Balaban J connectivity index is 1.82. The van der Waals surface area contributed by atoms with Gasteiger partial charge < -0.3 is 25.8 Å². The lowest BCUT2D eigenvalue weighted by Crippen LogP contribution is -2.52. The van der Waals surface area contributed by atoms with Gasteiger partial charge in [-0.15, -0.1) is 0 Å². The van der Waals surface area contributed by atoms with Crippen LogP contribution in [-0.2, 0) is 6.54 Å². The number of aromatic nitrogens is 2. The normalized spacial score (nSPS) is 16.7. The van der Waals surface area contributed by atoms with E-state index in [1.807, 2.05) is 34.1 Å². The fourth-order valence-electron chi connectivity index (χ4n) is 5.39. The summed E-state index contributed by atoms with van der Waals surface area (Å²) in [6.07, 6.45) is 4.79. The molecule has 7 heteroatoms. The van der Waals surface area contributed by atoms with Crippen molar-refractivity contribution in [3.8, 4) is 11.3 Å². The average Bonchev–Trinajstić information content (AvgIpc) is 3.54. The Morgan fingerprint density at radius 3 is 2.38 bits per heavy atom. The molecule has 1 aromatic heterocycles. The van der Waals surface area contributed by atoms with E-state index in [4.69, 9.17) is 16.5 Å². The van der Waals surface area contributed by atoms with Gasteiger partial charge in [-0.05, 0) is 36.8 Å². The van der Waals surface area contributed by atoms with E-state index in [0.29, 0.717) is 26.2 Å². The molecule has 3 aromatic rings. The number of amides is 2. The van der Waals surface area contributed by atoms with Gasteiger partial charge in [-0.1, -0.05) is 81.4 Å². The Morgan fingerprint density at radius 2 is 1.76 bits per heavy atom. The van der Waals surface area contributed by atoms with Crippen LogP contribution in [0.25, 0.3) is 11.3 Å². The summed E-state index contributed by atoms with van der Waals surface area (Å²) < 4.78 is 2.22. The fourth-order valence-corrected chi connectivity index (χ4v) is 5.39. The number of likely N-dealkylation sites (tertiary alicyclic amines) is 1. The van der Waals surface area contributed by atoms with Gasteiger partial charge in [-0.25, -0.2) is 9.78 Å². The van der Waals surface area contributed by atoms with E-state index in [1.54, 1.807) is 0 Å². The first-order valence-electron chi connectivity index (χ1n) is 13.5. The predicted octanol–water partition coefficient (Wildman–Crippen LogP) is 4.88. The molecule has 2 atom stereocenters. The summed E-state index contributed by atoms with van der Waals surface area (Å²) >= 11 is 0. The van der Waals surface area contributed by atoms with Crippen LogP contribution in [0.1, 0.15) is 57.5 Å². The lowest BCUT2D eigenvalue weighted by atomic mass is 9.84. The van der Waals surface area contributed by atoms with Crippen molar-refractivity contribution < 1.29 is 4.79 Å². The number of hydrogen-bond donors (Lipinski definition) is 2. The standard InChI is InChI=1S/C30H42N6O/c1-30(2,3)27(36(19-11-17-31)29(37)35-18-10-16-25(35)20-32)28-33-26(24-14-8-5-9-15-24)22-34(28)21-23-12-6-4-7-13-23/h4-9,12-15,22,25,27H,10-11,16-21,31-32H2,1-3H3/t25-,27+/m1/s1. The van der Waals surface area contributed by atoms with Gasteiger partial charge >= 0.3 is 6.03 Å². The van der Waals surface area contributed by atoms with Crippen LogP contribution in [0.3, 0.4) is 0 Å². The lowest BCUT2D eigenvalue weighted by molar-refractivity contribution is 0.0811. The highest BCUT2D eigenvalue weighted by Gasteiger charge is 2.41. The summed E-state index contributed by atoms with van der Waals surface area (Å²) in [5, 5.41) is 0. The molecule has 198 valence electrons. The van der Waals surface area contributed by atoms with Crippen molar-refractivity contribution in [2.75, 3.05) is 26.2 Å². The molecule has 2 heterocycles. The molecule has 1 aliphatic rings. The molecule has 4 N–H and O–H groups in total. The molecule has 4 rings (SSSR count). The van der Waals surface area contributed by atoms with Crippen LogP contribution in [0.4, 0.5) is 4.79 Å². The third kappa shape index (κ3) is 6.22. The molecular weight excluding hydrogens is 460 g/mol. The summed E-state index contributed by atoms with van der Waals surface area (Å²) in [6.45, 7) is 9.56. The topological polar surface area (TPSA) is 93.4 Å². The second-order valence-corrected chi connectivity index (χ2v) is 11.1. The molecule has 0 radical (unpaired) electrons. The number of urea groups is 1. The molecule has 1 fully saturated rings. The maximum atomic E-state index is 14.1. The number of benzene rings is 2. The maximum Gasteiger partial charge on any atom is 0.320 e. The minimum absolute atomic E-state index is 0.0387. The molecule has 37 heavy (non-hydrogen) atoms. The van der Waals surface area contributed by atoms with Crippen molar-refractivity contribution >= 4 is 6.03 Å². The molecule has 1 saturated heterocycles. The van der Waals surface area contributed by atoms with Crippen LogP contribution in [0.2, 0.25) is 0 Å². The molecule has 2 aromatic carbocycles. The van der Waals surface area contributed by atoms with Crippen molar-refractivity contribution in [2.45, 2.75) is 58.7 Å². The average molecular weight is 503 g/mol. The van der Waals surface area contributed by atoms with E-state index in [-0.39, 0.29) is 23.5 Å². The molecule has 2 amide bonds. The highest BCUT2D eigenvalue weighted by Crippen LogP contribution is 2.40. The van der Waals surface area contributed by atoms with Crippen LogP contribution in [0, 0.1) is 5.41 Å². The number of imidazole rings is 1. The Hall–Kier alpha value is -3.16. The Kier molecular flexibility index (Phi) is 8.67. The quantitative estimate of drug-likeness (QED) is 0.436. The van der Waals surface area contributed by atoms with E-state index in [0.717, 1.165) is 42.9 Å². The first kappa shape index (κ1) is 26.9. The highest BCUT2D eigenvalue weighted by atomic mass is 16.2. The van der Waals surface area contributed by atoms with E-state index in [1.165, 1.54) is 5.56 Å². The van der Waals surface area contributed by atoms with Gasteiger partial charge in [0.05, 0.1) is 11.7 Å². The number of carbonyl (C=O) groups excluding carboxylic acids is 1. The van der Waals surface area contributed by atoms with E-state index < -0.39 is 0 Å². The van der Waals surface area contributed by atoms with Crippen molar-refractivity contribution in [3.05, 3.63) is 78.2 Å². The predicted molar refractivity (Wildman–Crippen MR) is 150 cm³/mol. The van der Waals surface area contributed by atoms with Gasteiger partial charge in [-0.2, -0.15) is 0 Å². The van der Waals surface area contributed by atoms with Crippen molar-refractivity contribution in [1.82, 2.24) is 19.4 Å². The van der Waals surface area contributed by atoms with Crippen LogP contribution >= 0.6 is 0 Å². The monoisotopic (exact) mass is 502 g/mol. The van der Waals surface area contributed by atoms with Gasteiger partial charge in [0.1, 0.15) is 5.82 Å². The van der Waals surface area contributed by atoms with Gasteiger partial charge in [0, 0.05) is 44.0 Å². The van der Waals surface area contributed by atoms with Crippen LogP contribution in [0.5, 0.6) is 0 Å². The number of nitrogens with two attached hydrogens (primary N) is 2. The SMILES string of the molecule is CC(C)(C)[C@H](c1nc(-c2ccccc2)cn1Cc1ccccc1)N(CCCN)C(=O)N1CCC[C@@H]1CN. The molecule has 0 spiro atoms. The first-order valence-corrected chi connectivity index (χ1v) is 13.5. The first-order chi connectivity index (χ1) is 17.8. The van der Waals surface area contributed by atoms with Crippen LogP contribution in [-0.4, -0.2) is 57.6 Å². The van der Waals surface area contributed by atoms with Crippen molar-refractivity contribution in [1.29, 1.82) is 0 Å². The smallest absolute Gasteiger partial charge is 0.320 e. The van der Waals surface area contributed by atoms with Crippen LogP contribution in [0.15, 0.2) is 66.9 Å². The second-order valence-electron chi connectivity index (χ2n) is 11.1. The van der Waals surface area contributed by atoms with Gasteiger partial charge in [0.25, 0.3) is 0 Å². The third-order valence-corrected chi connectivity index (χ3v) is 7.19. The summed E-state index contributed by atoms with van der Waals surface area (Å²) in [6, 6.07) is 20.5. The molecule has 0 saturated carbocycles. The summed E-state index contributed by atoms with van der Waals surface area (Å²) in [7, 11) is 0. The molecular formula is C30H42N6O. The summed E-state index contributed by atoms with van der Waals surface area (Å²) in [5.74, 6) is 0.893. The molecule has 0 unspecified atom stereocenters. The summed E-state index contributed by atoms with van der Waals surface area (Å²) in [5.41, 5.74) is 14.9. The maximum absolute atomic E-state index is 14.1. The molecule has 7 nitrogen and oxygen atoms in total. The van der Waals surface area contributed by atoms with Crippen molar-refractivity contribution in [2.24, 2.45) is 16.9 Å². The van der Waals surface area contributed by atoms with Gasteiger partial charge in [-0.3, -0.25) is 0 Å². The van der Waals surface area contributed by atoms with Gasteiger partial charge in [0.15, 0.2) is 0 Å². The second kappa shape index (κ2) is 11.9. The largest absolute Gasteiger partial charge is 0.330 e. The number of hydrogen-bond acceptors (Lipinski definition) is 4. The third-order valence-electron chi connectivity index (χ3n) is 7.19. The molecule has 1 aliphatic heterocycles. The lowest BCUT2D eigenvalue weighted by Gasteiger charge is -2.42.